The van der Waals surface area contributed by atoms with Crippen molar-refractivity contribution in [3.05, 3.63) is 162 Å². The minimum Gasteiger partial charge on any atom is -0.423 e. The average molecular weight is 707 g/mol. The summed E-state index contributed by atoms with van der Waals surface area (Å²) in [6.45, 7) is 17.0. The zero-order chi connectivity index (χ0) is 38.5. The van der Waals surface area contributed by atoms with Gasteiger partial charge in [-0.25, -0.2) is 24.0 Å². The Kier molecular flexibility index (Phi) is 12.8. The van der Waals surface area contributed by atoms with Gasteiger partial charge in [-0.3, -0.25) is 0 Å². The number of ether oxygens (including phenoxy) is 5. The molecule has 0 atom stereocenters. The van der Waals surface area contributed by atoms with Crippen molar-refractivity contribution in [1.29, 1.82) is 0 Å². The summed E-state index contributed by atoms with van der Waals surface area (Å²) in [5.74, 6) is 8.97. The summed E-state index contributed by atoms with van der Waals surface area (Å²) in [6, 6.07) is 21.4. The number of carbonyl (C=O) groups excluding carboxylic acids is 5. The molecule has 0 radical (unpaired) electrons. The number of hydrogen-bond donors (Lipinski definition) is 0. The van der Waals surface area contributed by atoms with Crippen LogP contribution in [0, 0.1) is 23.7 Å². The summed E-state index contributed by atoms with van der Waals surface area (Å²) < 4.78 is 26.7. The predicted octanol–water partition coefficient (Wildman–Crippen LogP) is 6.85. The lowest BCUT2D eigenvalue weighted by atomic mass is 10.1. The zero-order valence-electron chi connectivity index (χ0n) is 28.6. The third-order valence-corrected chi connectivity index (χ3v) is 6.63. The fraction of sp³-hybridized carbons (Fsp3) is 0.0465. The van der Waals surface area contributed by atoms with Crippen LogP contribution in [0.2, 0.25) is 0 Å². The van der Waals surface area contributed by atoms with E-state index in [1.165, 1.54) is 62.4 Å². The van der Waals surface area contributed by atoms with Gasteiger partial charge in [0.05, 0.1) is 5.56 Å². The molecule has 0 aliphatic heterocycles. The largest absolute Gasteiger partial charge is 0.423 e. The molecule has 262 valence electrons. The highest BCUT2D eigenvalue weighted by atomic mass is 16.6. The number of carbonyl (C=O) groups is 5. The molecule has 0 spiro atoms. The van der Waals surface area contributed by atoms with Gasteiger partial charge in [-0.2, -0.15) is 0 Å². The number of rotatable bonds is 10. The van der Waals surface area contributed by atoms with E-state index in [9.17, 15) is 24.0 Å². The second-order valence-electron chi connectivity index (χ2n) is 10.9. The molecular formula is C43H30O10. The molecule has 0 aliphatic rings. The first-order valence-corrected chi connectivity index (χ1v) is 15.5. The van der Waals surface area contributed by atoms with Gasteiger partial charge in [0.2, 0.25) is 0 Å². The van der Waals surface area contributed by atoms with Gasteiger partial charge < -0.3 is 23.7 Å². The maximum Gasteiger partial charge on any atom is 0.343 e. The quantitative estimate of drug-likeness (QED) is 0.0747. The minimum atomic E-state index is -0.799. The molecule has 0 saturated carbocycles. The summed E-state index contributed by atoms with van der Waals surface area (Å²) in [7, 11) is 0. The zero-order valence-corrected chi connectivity index (χ0v) is 28.6. The maximum atomic E-state index is 12.7. The first kappa shape index (κ1) is 38.1. The topological polar surface area (TPSA) is 132 Å². The summed E-state index contributed by atoms with van der Waals surface area (Å²) >= 11 is 0. The van der Waals surface area contributed by atoms with Crippen LogP contribution in [0.1, 0.15) is 46.5 Å². The summed E-state index contributed by atoms with van der Waals surface area (Å²) in [4.78, 5) is 60.8. The fourth-order valence-electron chi connectivity index (χ4n) is 3.95. The van der Waals surface area contributed by atoms with Crippen LogP contribution in [0.5, 0.6) is 28.7 Å². The molecule has 0 saturated heterocycles. The maximum absolute atomic E-state index is 12.7. The van der Waals surface area contributed by atoms with E-state index >= 15 is 0 Å². The first-order valence-electron chi connectivity index (χ1n) is 15.5. The molecule has 0 amide bonds. The van der Waals surface area contributed by atoms with Crippen LogP contribution in [-0.2, 0) is 19.2 Å². The van der Waals surface area contributed by atoms with Crippen molar-refractivity contribution in [2.24, 2.45) is 0 Å². The molecule has 4 aromatic carbocycles. The van der Waals surface area contributed by atoms with Crippen LogP contribution in [0.4, 0.5) is 0 Å². The molecule has 0 fully saturated rings. The third kappa shape index (κ3) is 11.2. The normalized spacial score (nSPS) is 9.70. The van der Waals surface area contributed by atoms with E-state index in [0.29, 0.717) is 16.7 Å². The molecule has 4 aromatic rings. The number of esters is 5. The van der Waals surface area contributed by atoms with Crippen molar-refractivity contribution in [3.8, 4) is 52.4 Å². The molecule has 0 aromatic heterocycles. The highest BCUT2D eigenvalue weighted by molar-refractivity contribution is 5.91. The van der Waals surface area contributed by atoms with E-state index in [4.69, 9.17) is 23.7 Å². The van der Waals surface area contributed by atoms with Gasteiger partial charge in [0.1, 0.15) is 22.8 Å². The van der Waals surface area contributed by atoms with E-state index in [0.717, 1.165) is 12.2 Å². The number of hydrogen-bond acceptors (Lipinski definition) is 10. The Labute approximate surface area is 305 Å². The second-order valence-corrected chi connectivity index (χ2v) is 10.9. The van der Waals surface area contributed by atoms with Gasteiger partial charge in [-0.05, 0) is 98.8 Å². The van der Waals surface area contributed by atoms with Gasteiger partial charge in [0.15, 0.2) is 11.5 Å². The first-order chi connectivity index (χ1) is 25.3. The van der Waals surface area contributed by atoms with E-state index in [-0.39, 0.29) is 51.0 Å². The molecule has 10 nitrogen and oxygen atoms in total. The standard InChI is InChI=1S/C43H30O10/c1-7-39(44)52-37-25-31(26-38(53-40(45)8-2)36(37)24-15-30-13-18-33(19-14-30)49-41(46)27(3)4)10-9-29-11-16-32(17-12-29)43(48)51-35-22-20-34(21-23-35)50-42(47)28(5)6/h7-8,11-14,16-23,25-26H,1-3,5H2,4,6H3. The van der Waals surface area contributed by atoms with Crippen molar-refractivity contribution >= 4 is 29.8 Å². The molecule has 53 heavy (non-hydrogen) atoms. The Bertz CT molecular complexity index is 2230. The van der Waals surface area contributed by atoms with Crippen LogP contribution < -0.4 is 23.7 Å². The lowest BCUT2D eigenvalue weighted by Crippen LogP contribution is -2.09. The fourth-order valence-corrected chi connectivity index (χ4v) is 3.95. The van der Waals surface area contributed by atoms with Crippen LogP contribution in [-0.4, -0.2) is 29.8 Å². The lowest BCUT2D eigenvalue weighted by Gasteiger charge is -2.11. The monoisotopic (exact) mass is 706 g/mol. The molecule has 0 unspecified atom stereocenters. The van der Waals surface area contributed by atoms with Gasteiger partial charge in [-0.15, -0.1) is 0 Å². The van der Waals surface area contributed by atoms with Crippen LogP contribution in [0.25, 0.3) is 0 Å². The number of benzene rings is 4. The molecule has 0 heterocycles. The average Bonchev–Trinajstić information content (AvgIpc) is 3.14. The van der Waals surface area contributed by atoms with Gasteiger partial charge in [-0.1, -0.05) is 50.0 Å². The summed E-state index contributed by atoms with van der Waals surface area (Å²) in [5, 5.41) is 0. The van der Waals surface area contributed by atoms with Gasteiger partial charge >= 0.3 is 29.8 Å². The highest BCUT2D eigenvalue weighted by Gasteiger charge is 2.17. The van der Waals surface area contributed by atoms with E-state index in [2.05, 4.69) is 50.0 Å². The predicted molar refractivity (Wildman–Crippen MR) is 195 cm³/mol. The molecular weight excluding hydrogens is 676 g/mol. The van der Waals surface area contributed by atoms with E-state index in [1.54, 1.807) is 36.4 Å². The minimum absolute atomic E-state index is 0.0594. The van der Waals surface area contributed by atoms with Crippen molar-refractivity contribution in [1.82, 2.24) is 0 Å². The highest BCUT2D eigenvalue weighted by Crippen LogP contribution is 2.31. The van der Waals surface area contributed by atoms with Crippen molar-refractivity contribution < 1.29 is 47.7 Å². The van der Waals surface area contributed by atoms with Crippen molar-refractivity contribution in [2.45, 2.75) is 13.8 Å². The van der Waals surface area contributed by atoms with Crippen molar-refractivity contribution in [2.75, 3.05) is 0 Å². The van der Waals surface area contributed by atoms with E-state index < -0.39 is 29.8 Å². The Morgan fingerprint density at radius 2 is 0.887 bits per heavy atom. The Hall–Kier alpha value is -7.69. The van der Waals surface area contributed by atoms with Crippen LogP contribution >= 0.6 is 0 Å². The lowest BCUT2D eigenvalue weighted by molar-refractivity contribution is -0.130. The molecule has 0 bridgehead atoms. The summed E-state index contributed by atoms with van der Waals surface area (Å²) in [6.07, 6.45) is 1.92. The van der Waals surface area contributed by atoms with Gasteiger partial charge in [0, 0.05) is 40.0 Å². The Balaban J connectivity index is 1.58. The Morgan fingerprint density at radius 1 is 0.509 bits per heavy atom. The van der Waals surface area contributed by atoms with Gasteiger partial charge in [0.25, 0.3) is 0 Å². The van der Waals surface area contributed by atoms with E-state index in [1.807, 2.05) is 0 Å². The molecule has 4 rings (SSSR count). The molecule has 10 heteroatoms. The third-order valence-electron chi connectivity index (χ3n) is 6.63. The molecule has 0 aliphatic carbocycles. The summed E-state index contributed by atoms with van der Waals surface area (Å²) in [5.41, 5.74) is 2.10. The van der Waals surface area contributed by atoms with Crippen molar-refractivity contribution in [3.63, 3.8) is 0 Å². The Morgan fingerprint density at radius 3 is 1.32 bits per heavy atom. The smallest absolute Gasteiger partial charge is 0.343 e. The molecule has 0 N–H and O–H groups in total. The second kappa shape index (κ2) is 17.8. The van der Waals surface area contributed by atoms with Crippen LogP contribution in [0.3, 0.4) is 0 Å². The SMILES string of the molecule is C=CC(=O)Oc1cc(C#Cc2ccc(C(=O)Oc3ccc(OC(=O)C(=C)C)cc3)cc2)cc(OC(=O)C=C)c1C#Cc1ccc(OC(=O)C(=C)C)cc1. The van der Waals surface area contributed by atoms with Crippen LogP contribution in [0.15, 0.2) is 135 Å².